The first-order valence-electron chi connectivity index (χ1n) is 5.98. The minimum Gasteiger partial charge on any atom is -0.465 e. The normalized spacial score (nSPS) is 38.4. The zero-order valence-corrected chi connectivity index (χ0v) is 9.00. The van der Waals surface area contributed by atoms with Crippen LogP contribution in [0.3, 0.4) is 0 Å². The van der Waals surface area contributed by atoms with Gasteiger partial charge in [-0.25, -0.2) is 0 Å². The molecule has 0 spiro atoms. The highest BCUT2D eigenvalue weighted by molar-refractivity contribution is 5.74. The Morgan fingerprint density at radius 2 is 1.93 bits per heavy atom. The van der Waals surface area contributed by atoms with E-state index in [1.54, 1.807) is 0 Å². The Bertz CT molecular complexity index is 204. The second-order valence-corrected chi connectivity index (χ2v) is 4.75. The second kappa shape index (κ2) is 4.33. The van der Waals surface area contributed by atoms with E-state index < -0.39 is 0 Å². The van der Waals surface area contributed by atoms with Crippen molar-refractivity contribution < 1.29 is 9.53 Å². The number of ether oxygens (including phenoxy) is 1. The highest BCUT2D eigenvalue weighted by Gasteiger charge is 2.35. The number of cyclic esters (lactones) is 1. The first-order chi connectivity index (χ1) is 6.81. The Morgan fingerprint density at radius 3 is 2.43 bits per heavy atom. The van der Waals surface area contributed by atoms with Gasteiger partial charge in [0.05, 0.1) is 12.5 Å². The smallest absolute Gasteiger partial charge is 0.309 e. The summed E-state index contributed by atoms with van der Waals surface area (Å²) < 4.78 is 5.03. The number of rotatable bonds is 2. The maximum absolute atomic E-state index is 11.4. The van der Waals surface area contributed by atoms with Gasteiger partial charge < -0.3 is 4.74 Å². The molecule has 1 aliphatic heterocycles. The van der Waals surface area contributed by atoms with E-state index in [0.717, 1.165) is 12.3 Å². The van der Waals surface area contributed by atoms with Crippen LogP contribution in [0.15, 0.2) is 0 Å². The zero-order valence-electron chi connectivity index (χ0n) is 9.00. The predicted molar refractivity (Wildman–Crippen MR) is 54.8 cm³/mol. The third-order valence-electron chi connectivity index (χ3n) is 4.01. The van der Waals surface area contributed by atoms with Crippen molar-refractivity contribution in [3.05, 3.63) is 0 Å². The van der Waals surface area contributed by atoms with Gasteiger partial charge in [0.1, 0.15) is 0 Å². The first kappa shape index (κ1) is 10.0. The highest BCUT2D eigenvalue weighted by atomic mass is 16.5. The molecule has 1 aliphatic carbocycles. The molecule has 0 N–H and O–H groups in total. The van der Waals surface area contributed by atoms with Crippen LogP contribution in [0, 0.1) is 17.8 Å². The summed E-state index contributed by atoms with van der Waals surface area (Å²) >= 11 is 0. The fourth-order valence-corrected chi connectivity index (χ4v) is 2.94. The summed E-state index contributed by atoms with van der Waals surface area (Å²) in [6.45, 7) is 2.94. The Balaban J connectivity index is 1.85. The molecule has 0 bridgehead atoms. The van der Waals surface area contributed by atoms with Crippen molar-refractivity contribution in [3.63, 3.8) is 0 Å². The van der Waals surface area contributed by atoms with E-state index in [-0.39, 0.29) is 11.9 Å². The number of esters is 1. The van der Waals surface area contributed by atoms with Gasteiger partial charge in [-0.05, 0) is 31.1 Å². The van der Waals surface area contributed by atoms with Crippen LogP contribution in [0.25, 0.3) is 0 Å². The van der Waals surface area contributed by atoms with Crippen molar-refractivity contribution >= 4 is 5.97 Å². The van der Waals surface area contributed by atoms with E-state index in [2.05, 4.69) is 6.92 Å². The summed E-state index contributed by atoms with van der Waals surface area (Å²) in [4.78, 5) is 11.4. The van der Waals surface area contributed by atoms with Crippen LogP contribution in [-0.4, -0.2) is 12.6 Å². The van der Waals surface area contributed by atoms with E-state index in [4.69, 9.17) is 4.74 Å². The number of hydrogen-bond donors (Lipinski definition) is 0. The van der Waals surface area contributed by atoms with Crippen LogP contribution in [0.2, 0.25) is 0 Å². The summed E-state index contributed by atoms with van der Waals surface area (Å²) in [7, 11) is 0. The molecule has 2 nitrogen and oxygen atoms in total. The number of carbonyl (C=O) groups excluding carboxylic acids is 1. The minimum atomic E-state index is 0.0740. The fourth-order valence-electron chi connectivity index (χ4n) is 2.94. The van der Waals surface area contributed by atoms with E-state index >= 15 is 0 Å². The van der Waals surface area contributed by atoms with Gasteiger partial charge in [0.25, 0.3) is 0 Å². The fraction of sp³-hybridized carbons (Fsp3) is 0.917. The standard InChI is InChI=1S/C12H20O2/c1-2-9-3-5-10(6-4-9)11-7-8-14-12(11)13/h9-11H,2-8H2,1H3. The van der Waals surface area contributed by atoms with Crippen molar-refractivity contribution in [2.45, 2.75) is 45.4 Å². The molecule has 1 saturated carbocycles. The van der Waals surface area contributed by atoms with Gasteiger partial charge in [-0.2, -0.15) is 0 Å². The summed E-state index contributed by atoms with van der Waals surface area (Å²) in [5.41, 5.74) is 0. The Kier molecular flexibility index (Phi) is 3.09. The molecule has 0 radical (unpaired) electrons. The first-order valence-corrected chi connectivity index (χ1v) is 5.98. The average molecular weight is 196 g/mol. The van der Waals surface area contributed by atoms with E-state index in [1.807, 2.05) is 0 Å². The second-order valence-electron chi connectivity index (χ2n) is 4.75. The van der Waals surface area contributed by atoms with E-state index in [9.17, 15) is 4.79 Å². The predicted octanol–water partition coefficient (Wildman–Crippen LogP) is 2.77. The monoisotopic (exact) mass is 196 g/mol. The molecule has 2 fully saturated rings. The lowest BCUT2D eigenvalue weighted by atomic mass is 9.75. The molecule has 0 amide bonds. The molecule has 80 valence electrons. The van der Waals surface area contributed by atoms with Gasteiger partial charge in [-0.1, -0.05) is 26.2 Å². The molecular formula is C12H20O2. The molecule has 0 aromatic heterocycles. The summed E-state index contributed by atoms with van der Waals surface area (Å²) in [6, 6.07) is 0. The maximum Gasteiger partial charge on any atom is 0.309 e. The lowest BCUT2D eigenvalue weighted by Gasteiger charge is -2.29. The lowest BCUT2D eigenvalue weighted by molar-refractivity contribution is -0.143. The lowest BCUT2D eigenvalue weighted by Crippen LogP contribution is -2.24. The van der Waals surface area contributed by atoms with Crippen LogP contribution in [-0.2, 0) is 9.53 Å². The van der Waals surface area contributed by atoms with Crippen molar-refractivity contribution in [2.75, 3.05) is 6.61 Å². The molecule has 1 saturated heterocycles. The molecule has 2 aliphatic rings. The maximum atomic E-state index is 11.4. The quantitative estimate of drug-likeness (QED) is 0.635. The largest absolute Gasteiger partial charge is 0.465 e. The third-order valence-corrected chi connectivity index (χ3v) is 4.01. The Labute approximate surface area is 86.0 Å². The Morgan fingerprint density at radius 1 is 1.21 bits per heavy atom. The van der Waals surface area contributed by atoms with Crippen molar-refractivity contribution in [3.8, 4) is 0 Å². The van der Waals surface area contributed by atoms with E-state index in [1.165, 1.54) is 32.1 Å². The average Bonchev–Trinajstić information content (AvgIpc) is 2.65. The van der Waals surface area contributed by atoms with E-state index in [0.29, 0.717) is 12.5 Å². The van der Waals surface area contributed by atoms with Crippen LogP contribution in [0.5, 0.6) is 0 Å². The molecule has 1 unspecified atom stereocenters. The number of hydrogen-bond acceptors (Lipinski definition) is 2. The highest BCUT2D eigenvalue weighted by Crippen LogP contribution is 2.38. The molecule has 0 aromatic carbocycles. The van der Waals surface area contributed by atoms with Gasteiger partial charge in [0.15, 0.2) is 0 Å². The van der Waals surface area contributed by atoms with Crippen LogP contribution in [0.4, 0.5) is 0 Å². The van der Waals surface area contributed by atoms with Crippen LogP contribution >= 0.6 is 0 Å². The SMILES string of the molecule is CCC1CCC(C2CCOC2=O)CC1. The van der Waals surface area contributed by atoms with Crippen molar-refractivity contribution in [2.24, 2.45) is 17.8 Å². The molecule has 2 heteroatoms. The van der Waals surface area contributed by atoms with Gasteiger partial charge >= 0.3 is 5.97 Å². The topological polar surface area (TPSA) is 26.3 Å². The summed E-state index contributed by atoms with van der Waals surface area (Å²) in [5, 5.41) is 0. The van der Waals surface area contributed by atoms with Gasteiger partial charge in [-0.15, -0.1) is 0 Å². The van der Waals surface area contributed by atoms with Crippen LogP contribution < -0.4 is 0 Å². The Hall–Kier alpha value is -0.530. The summed E-state index contributed by atoms with van der Waals surface area (Å²) in [5.74, 6) is 1.87. The molecular weight excluding hydrogens is 176 g/mol. The van der Waals surface area contributed by atoms with Crippen molar-refractivity contribution in [1.29, 1.82) is 0 Å². The number of carbonyl (C=O) groups is 1. The van der Waals surface area contributed by atoms with Gasteiger partial charge in [0.2, 0.25) is 0 Å². The van der Waals surface area contributed by atoms with Crippen LogP contribution in [0.1, 0.15) is 45.4 Å². The molecule has 1 atom stereocenters. The van der Waals surface area contributed by atoms with Gasteiger partial charge in [-0.3, -0.25) is 4.79 Å². The minimum absolute atomic E-state index is 0.0740. The molecule has 0 aromatic rings. The van der Waals surface area contributed by atoms with Gasteiger partial charge in [0, 0.05) is 0 Å². The third kappa shape index (κ3) is 1.94. The molecule has 2 rings (SSSR count). The summed E-state index contributed by atoms with van der Waals surface area (Å²) in [6.07, 6.45) is 7.43. The zero-order chi connectivity index (χ0) is 9.97. The molecule has 1 heterocycles. The van der Waals surface area contributed by atoms with Crippen molar-refractivity contribution in [1.82, 2.24) is 0 Å². The molecule has 14 heavy (non-hydrogen) atoms.